The molecule has 0 unspecified atom stereocenters. The van der Waals surface area contributed by atoms with Gasteiger partial charge in [0.25, 0.3) is 5.91 Å². The molecule has 6 heteroatoms. The molecule has 0 aliphatic heterocycles. The van der Waals surface area contributed by atoms with Crippen molar-refractivity contribution in [2.24, 2.45) is 11.1 Å². The summed E-state index contributed by atoms with van der Waals surface area (Å²) in [4.78, 5) is 14.3. The zero-order chi connectivity index (χ0) is 14.9. The van der Waals surface area contributed by atoms with Gasteiger partial charge in [0.1, 0.15) is 0 Å². The molecule has 0 spiro atoms. The quantitative estimate of drug-likeness (QED) is 0.896. The minimum atomic E-state index is -3.79. The molecule has 0 saturated heterocycles. The van der Waals surface area contributed by atoms with E-state index in [1.807, 2.05) is 13.8 Å². The van der Waals surface area contributed by atoms with E-state index >= 15 is 0 Å². The SMILES string of the molecule is CC(C)N(CC1CC1)C(=O)c1cccc(S(N)(=O)=O)c1. The summed E-state index contributed by atoms with van der Waals surface area (Å²) < 4.78 is 22.7. The van der Waals surface area contributed by atoms with E-state index in [1.54, 1.807) is 17.0 Å². The van der Waals surface area contributed by atoms with Gasteiger partial charge in [-0.3, -0.25) is 4.79 Å². The van der Waals surface area contributed by atoms with E-state index in [1.165, 1.54) is 12.1 Å². The normalized spacial score (nSPS) is 15.4. The molecule has 0 bridgehead atoms. The van der Waals surface area contributed by atoms with Crippen molar-refractivity contribution in [3.63, 3.8) is 0 Å². The van der Waals surface area contributed by atoms with Crippen molar-refractivity contribution in [1.82, 2.24) is 4.90 Å². The molecule has 1 aliphatic rings. The smallest absolute Gasteiger partial charge is 0.254 e. The summed E-state index contributed by atoms with van der Waals surface area (Å²) in [5, 5.41) is 5.10. The van der Waals surface area contributed by atoms with Crippen molar-refractivity contribution >= 4 is 15.9 Å². The summed E-state index contributed by atoms with van der Waals surface area (Å²) in [6.45, 7) is 4.66. The Bertz CT molecular complexity index is 607. The summed E-state index contributed by atoms with van der Waals surface area (Å²) in [6.07, 6.45) is 2.32. The Morgan fingerprint density at radius 3 is 2.55 bits per heavy atom. The fourth-order valence-electron chi connectivity index (χ4n) is 2.08. The van der Waals surface area contributed by atoms with Gasteiger partial charge >= 0.3 is 0 Å². The zero-order valence-electron chi connectivity index (χ0n) is 11.7. The summed E-state index contributed by atoms with van der Waals surface area (Å²) in [7, 11) is -3.79. The van der Waals surface area contributed by atoms with Crippen LogP contribution in [0.2, 0.25) is 0 Å². The van der Waals surface area contributed by atoms with Gasteiger partial charge in [-0.05, 0) is 50.8 Å². The lowest BCUT2D eigenvalue weighted by Gasteiger charge is -2.27. The van der Waals surface area contributed by atoms with Crippen LogP contribution < -0.4 is 5.14 Å². The number of carbonyl (C=O) groups is 1. The number of sulfonamides is 1. The molecule has 20 heavy (non-hydrogen) atoms. The molecule has 0 radical (unpaired) electrons. The van der Waals surface area contributed by atoms with Crippen LogP contribution in [-0.2, 0) is 10.0 Å². The Labute approximate surface area is 119 Å². The molecule has 2 rings (SSSR count). The number of nitrogens with zero attached hydrogens (tertiary/aromatic N) is 1. The molecule has 1 aromatic carbocycles. The monoisotopic (exact) mass is 296 g/mol. The van der Waals surface area contributed by atoms with Crippen LogP contribution in [0.15, 0.2) is 29.2 Å². The van der Waals surface area contributed by atoms with Gasteiger partial charge < -0.3 is 4.90 Å². The number of benzene rings is 1. The second kappa shape index (κ2) is 5.54. The fraction of sp³-hybridized carbons (Fsp3) is 0.500. The van der Waals surface area contributed by atoms with Crippen LogP contribution in [-0.4, -0.2) is 31.8 Å². The highest BCUT2D eigenvalue weighted by atomic mass is 32.2. The molecule has 1 saturated carbocycles. The van der Waals surface area contributed by atoms with Crippen LogP contribution in [0.4, 0.5) is 0 Å². The molecule has 0 heterocycles. The summed E-state index contributed by atoms with van der Waals surface area (Å²) >= 11 is 0. The van der Waals surface area contributed by atoms with E-state index in [4.69, 9.17) is 5.14 Å². The molecular formula is C14H20N2O3S. The lowest BCUT2D eigenvalue weighted by molar-refractivity contribution is 0.0696. The Hall–Kier alpha value is -1.40. The Morgan fingerprint density at radius 1 is 1.40 bits per heavy atom. The first-order chi connectivity index (χ1) is 9.29. The van der Waals surface area contributed by atoms with E-state index in [-0.39, 0.29) is 16.8 Å². The van der Waals surface area contributed by atoms with Crippen LogP contribution in [0, 0.1) is 5.92 Å². The predicted octanol–water partition coefficient (Wildman–Crippen LogP) is 1.59. The van der Waals surface area contributed by atoms with Gasteiger partial charge in [-0.2, -0.15) is 0 Å². The number of carbonyl (C=O) groups excluding carboxylic acids is 1. The van der Waals surface area contributed by atoms with Gasteiger partial charge in [-0.1, -0.05) is 6.07 Å². The Balaban J connectivity index is 2.26. The number of nitrogens with two attached hydrogens (primary N) is 1. The van der Waals surface area contributed by atoms with E-state index in [0.717, 1.165) is 19.4 Å². The van der Waals surface area contributed by atoms with Gasteiger partial charge in [-0.15, -0.1) is 0 Å². The van der Waals surface area contributed by atoms with E-state index in [9.17, 15) is 13.2 Å². The Morgan fingerprint density at radius 2 is 2.05 bits per heavy atom. The molecule has 1 amide bonds. The van der Waals surface area contributed by atoms with Gasteiger partial charge in [0.2, 0.25) is 10.0 Å². The molecular weight excluding hydrogens is 276 g/mol. The molecule has 0 aromatic heterocycles. The van der Waals surface area contributed by atoms with E-state index in [0.29, 0.717) is 11.5 Å². The maximum Gasteiger partial charge on any atom is 0.254 e. The lowest BCUT2D eigenvalue weighted by Crippen LogP contribution is -2.38. The zero-order valence-corrected chi connectivity index (χ0v) is 12.6. The second-order valence-corrected chi connectivity index (χ2v) is 7.13. The molecule has 1 aliphatic carbocycles. The third-order valence-electron chi connectivity index (χ3n) is 3.45. The summed E-state index contributed by atoms with van der Waals surface area (Å²) in [6, 6.07) is 6.00. The highest BCUT2D eigenvalue weighted by Gasteiger charge is 2.29. The van der Waals surface area contributed by atoms with Crippen LogP contribution in [0.3, 0.4) is 0 Å². The Kier molecular flexibility index (Phi) is 4.15. The van der Waals surface area contributed by atoms with Crippen LogP contribution in [0.1, 0.15) is 37.0 Å². The fourth-order valence-corrected chi connectivity index (χ4v) is 2.64. The van der Waals surface area contributed by atoms with Crippen molar-refractivity contribution in [3.05, 3.63) is 29.8 Å². The van der Waals surface area contributed by atoms with Gasteiger partial charge in [0, 0.05) is 18.2 Å². The van der Waals surface area contributed by atoms with Crippen LogP contribution >= 0.6 is 0 Å². The maximum atomic E-state index is 12.5. The van der Waals surface area contributed by atoms with Gasteiger partial charge in [-0.25, -0.2) is 13.6 Å². The molecule has 110 valence electrons. The average molecular weight is 296 g/mol. The van der Waals surface area contributed by atoms with Gasteiger partial charge in [0.05, 0.1) is 4.90 Å². The molecule has 1 aromatic rings. The van der Waals surface area contributed by atoms with Gasteiger partial charge in [0.15, 0.2) is 0 Å². The first-order valence-corrected chi connectivity index (χ1v) is 8.27. The first kappa shape index (κ1) is 15.0. The third kappa shape index (κ3) is 3.58. The highest BCUT2D eigenvalue weighted by Crippen LogP contribution is 2.30. The van der Waals surface area contributed by atoms with Crippen molar-refractivity contribution in [2.45, 2.75) is 37.6 Å². The summed E-state index contributed by atoms with van der Waals surface area (Å²) in [5.74, 6) is 0.445. The van der Waals surface area contributed by atoms with Crippen molar-refractivity contribution in [3.8, 4) is 0 Å². The molecule has 2 N–H and O–H groups in total. The number of rotatable bonds is 5. The first-order valence-electron chi connectivity index (χ1n) is 6.73. The molecule has 5 nitrogen and oxygen atoms in total. The number of primary sulfonamides is 1. The van der Waals surface area contributed by atoms with Crippen molar-refractivity contribution in [1.29, 1.82) is 0 Å². The minimum absolute atomic E-state index is 0.0292. The third-order valence-corrected chi connectivity index (χ3v) is 4.36. The molecule has 1 fully saturated rings. The van der Waals surface area contributed by atoms with Crippen LogP contribution in [0.25, 0.3) is 0 Å². The van der Waals surface area contributed by atoms with Crippen molar-refractivity contribution in [2.75, 3.05) is 6.54 Å². The minimum Gasteiger partial charge on any atom is -0.336 e. The lowest BCUT2D eigenvalue weighted by atomic mass is 10.1. The highest BCUT2D eigenvalue weighted by molar-refractivity contribution is 7.89. The predicted molar refractivity (Wildman–Crippen MR) is 76.7 cm³/mol. The number of hydrogen-bond acceptors (Lipinski definition) is 3. The average Bonchev–Trinajstić information content (AvgIpc) is 3.18. The largest absolute Gasteiger partial charge is 0.336 e. The van der Waals surface area contributed by atoms with Crippen molar-refractivity contribution < 1.29 is 13.2 Å². The standard InChI is InChI=1S/C14H20N2O3S/c1-10(2)16(9-11-6-7-11)14(17)12-4-3-5-13(8-12)20(15,18)19/h3-5,8,10-11H,6-7,9H2,1-2H3,(H2,15,18,19). The maximum absolute atomic E-state index is 12.5. The van der Waals surface area contributed by atoms with Crippen LogP contribution in [0.5, 0.6) is 0 Å². The second-order valence-electron chi connectivity index (χ2n) is 5.57. The summed E-state index contributed by atoms with van der Waals surface area (Å²) in [5.41, 5.74) is 0.367. The van der Waals surface area contributed by atoms with E-state index in [2.05, 4.69) is 0 Å². The number of hydrogen-bond donors (Lipinski definition) is 1. The number of amides is 1. The topological polar surface area (TPSA) is 80.5 Å². The van der Waals surface area contributed by atoms with E-state index < -0.39 is 10.0 Å². The molecule has 0 atom stereocenters.